The second-order valence-corrected chi connectivity index (χ2v) is 23.0. The quantitative estimate of drug-likeness (QED) is 0.0679. The largest absolute Gasteiger partial charge is 0.507 e. The van der Waals surface area contributed by atoms with Crippen molar-refractivity contribution in [2.75, 3.05) is 26.3 Å². The number of fused-ring (bicyclic) bond motifs is 1. The van der Waals surface area contributed by atoms with Crippen LogP contribution in [0, 0.1) is 31.6 Å². The number of aromatic hydroxyl groups is 1. The van der Waals surface area contributed by atoms with Crippen LogP contribution in [0.5, 0.6) is 5.75 Å². The van der Waals surface area contributed by atoms with Gasteiger partial charge < -0.3 is 19.7 Å². The highest BCUT2D eigenvalue weighted by Crippen LogP contribution is 2.48. The first-order valence-corrected chi connectivity index (χ1v) is 24.0. The van der Waals surface area contributed by atoms with Crippen molar-refractivity contribution >= 4 is 36.6 Å². The van der Waals surface area contributed by atoms with Gasteiger partial charge in [0.2, 0.25) is 11.8 Å². The summed E-state index contributed by atoms with van der Waals surface area (Å²) in [6.07, 6.45) is 3.74. The van der Waals surface area contributed by atoms with Gasteiger partial charge in [-0.25, -0.2) is 0 Å². The maximum atomic E-state index is 14.7. The molecule has 4 aromatic carbocycles. The molecule has 9 heteroatoms. The van der Waals surface area contributed by atoms with Crippen LogP contribution < -0.4 is 10.4 Å². The predicted molar refractivity (Wildman–Crippen MR) is 246 cm³/mol. The average Bonchev–Trinajstić information content (AvgIpc) is 3.50. The molecular weight excluding hydrogens is 777 g/mol. The molecule has 4 aromatic rings. The van der Waals surface area contributed by atoms with Crippen molar-refractivity contribution < 1.29 is 29.3 Å². The summed E-state index contributed by atoms with van der Waals surface area (Å²) in [5, 5.41) is 36.0. The third-order valence-electron chi connectivity index (χ3n) is 13.6. The third-order valence-corrected chi connectivity index (χ3v) is 18.5. The molecule has 4 atom stereocenters. The summed E-state index contributed by atoms with van der Waals surface area (Å²) < 4.78 is 7.47. The normalized spacial score (nSPS) is 21.3. The molecule has 0 radical (unpaired) electrons. The molecule has 0 saturated carbocycles. The molecule has 2 amide bonds. The van der Waals surface area contributed by atoms with E-state index >= 15 is 0 Å². The second kappa shape index (κ2) is 18.8. The minimum Gasteiger partial charge on any atom is -0.507 e. The zero-order chi connectivity index (χ0) is 43.5. The maximum absolute atomic E-state index is 14.7. The molecule has 8 nitrogen and oxygen atoms in total. The van der Waals surface area contributed by atoms with Crippen LogP contribution in [0.4, 0.5) is 0 Å². The topological polar surface area (TPSA) is 111 Å². The van der Waals surface area contributed by atoms with Crippen molar-refractivity contribution in [3.05, 3.63) is 142 Å². The standard InChI is InChI=1S/C52H64N2O6Si/c1-35(28-39-29-36(2)49(57)37(3)30-39)22-23-46(56)47-40(34-60-61(52(4,5)6,42-18-12-8-13-19-42)43-20-14-9-15-21-43)31-44-48(45(47)33-55)51(59)54(50(44)58)41-24-26-53(27-25-41)32-38-16-10-7-11-17-38/h7-21,28-30,41,44-46,48,55-57H,22-27,31-34H2,1-6H3/b35-28+/t44-,45+,46-,48-/m1/s1. The molecule has 0 spiro atoms. The predicted octanol–water partition coefficient (Wildman–Crippen LogP) is 7.70. The number of likely N-dealkylation sites (tertiary alicyclic amines) is 2. The molecule has 0 aromatic heterocycles. The number of piperidine rings is 1. The van der Waals surface area contributed by atoms with E-state index in [1.54, 1.807) is 4.90 Å². The van der Waals surface area contributed by atoms with Crippen LogP contribution in [0.3, 0.4) is 0 Å². The van der Waals surface area contributed by atoms with Gasteiger partial charge in [0.1, 0.15) is 5.75 Å². The van der Waals surface area contributed by atoms with Crippen LogP contribution in [0.1, 0.15) is 82.1 Å². The molecule has 1 aliphatic carbocycles. The number of aliphatic hydroxyl groups is 2. The summed E-state index contributed by atoms with van der Waals surface area (Å²) in [4.78, 5) is 33.2. The van der Waals surface area contributed by atoms with Crippen molar-refractivity contribution in [3.63, 3.8) is 0 Å². The van der Waals surface area contributed by atoms with Crippen molar-refractivity contribution in [1.29, 1.82) is 0 Å². The highest BCUT2D eigenvalue weighted by Gasteiger charge is 2.57. The summed E-state index contributed by atoms with van der Waals surface area (Å²) >= 11 is 0. The molecule has 0 unspecified atom stereocenters. The second-order valence-electron chi connectivity index (χ2n) is 18.7. The minimum absolute atomic E-state index is 0.162. The molecule has 2 saturated heterocycles. The summed E-state index contributed by atoms with van der Waals surface area (Å²) in [5.74, 6) is -2.20. The Bertz CT molecular complexity index is 2160. The zero-order valence-corrected chi connectivity index (χ0v) is 37.8. The number of benzene rings is 4. The molecular formula is C52H64N2O6Si. The number of amides is 2. The number of aliphatic hydroxyl groups excluding tert-OH is 2. The Balaban J connectivity index is 1.21. The highest BCUT2D eigenvalue weighted by molar-refractivity contribution is 6.99. The fourth-order valence-electron chi connectivity index (χ4n) is 10.6. The van der Waals surface area contributed by atoms with E-state index in [1.807, 2.05) is 63.2 Å². The van der Waals surface area contributed by atoms with Crippen LogP contribution in [-0.2, 0) is 20.6 Å². The number of phenols is 1. The first kappa shape index (κ1) is 44.4. The fraction of sp³-hybridized carbons (Fsp3) is 0.423. The number of allylic oxidation sites excluding steroid dienone is 1. The number of phenolic OH excluding ortho intramolecular Hbond substituents is 1. The van der Waals surface area contributed by atoms with Crippen molar-refractivity contribution in [1.82, 2.24) is 9.80 Å². The van der Waals surface area contributed by atoms with Gasteiger partial charge in [0.05, 0.1) is 31.2 Å². The van der Waals surface area contributed by atoms with Gasteiger partial charge in [-0.05, 0) is 114 Å². The monoisotopic (exact) mass is 840 g/mol. The van der Waals surface area contributed by atoms with Gasteiger partial charge in [-0.3, -0.25) is 19.4 Å². The number of hydrogen-bond acceptors (Lipinski definition) is 7. The molecule has 3 aliphatic rings. The van der Waals surface area contributed by atoms with Crippen molar-refractivity contribution in [3.8, 4) is 5.75 Å². The van der Waals surface area contributed by atoms with E-state index < -0.39 is 32.2 Å². The van der Waals surface area contributed by atoms with Gasteiger partial charge in [0.25, 0.3) is 8.32 Å². The molecule has 0 bridgehead atoms. The number of hydrogen-bond donors (Lipinski definition) is 3. The van der Waals surface area contributed by atoms with Crippen LogP contribution in [-0.4, -0.2) is 83.7 Å². The smallest absolute Gasteiger partial charge is 0.261 e. The summed E-state index contributed by atoms with van der Waals surface area (Å²) in [5.41, 5.74) is 6.35. The Kier molecular flexibility index (Phi) is 13.7. The molecule has 2 heterocycles. The molecule has 2 fully saturated rings. The molecule has 3 N–H and O–H groups in total. The van der Waals surface area contributed by atoms with Crippen LogP contribution in [0.25, 0.3) is 6.08 Å². The summed E-state index contributed by atoms with van der Waals surface area (Å²) in [7, 11) is -3.03. The Morgan fingerprint density at radius 2 is 1.43 bits per heavy atom. The van der Waals surface area contributed by atoms with Gasteiger partial charge in [-0.1, -0.05) is 123 Å². The Morgan fingerprint density at radius 1 is 0.869 bits per heavy atom. The van der Waals surface area contributed by atoms with Crippen LogP contribution in [0.2, 0.25) is 5.04 Å². The number of nitrogens with zero attached hydrogens (tertiary/aromatic N) is 2. The lowest BCUT2D eigenvalue weighted by Gasteiger charge is -2.44. The van der Waals surface area contributed by atoms with Gasteiger partial charge in [0, 0.05) is 31.6 Å². The number of rotatable bonds is 14. The lowest BCUT2D eigenvalue weighted by molar-refractivity contribution is -0.144. The fourth-order valence-corrected chi connectivity index (χ4v) is 15.1. The van der Waals surface area contributed by atoms with Gasteiger partial charge in [-0.2, -0.15) is 0 Å². The molecule has 2 aliphatic heterocycles. The zero-order valence-electron chi connectivity index (χ0n) is 36.8. The number of imide groups is 1. The van der Waals surface area contributed by atoms with Crippen LogP contribution in [0.15, 0.2) is 120 Å². The Labute approximate surface area is 363 Å². The van der Waals surface area contributed by atoms with Crippen molar-refractivity contribution in [2.45, 2.75) is 97.4 Å². The lowest BCUT2D eigenvalue weighted by atomic mass is 9.68. The average molecular weight is 841 g/mol. The van der Waals surface area contributed by atoms with Gasteiger partial charge >= 0.3 is 0 Å². The maximum Gasteiger partial charge on any atom is 0.261 e. The third kappa shape index (κ3) is 9.13. The highest BCUT2D eigenvalue weighted by atomic mass is 28.4. The van der Waals surface area contributed by atoms with E-state index in [9.17, 15) is 24.9 Å². The van der Waals surface area contributed by atoms with E-state index in [4.69, 9.17) is 4.43 Å². The summed E-state index contributed by atoms with van der Waals surface area (Å²) in [6, 6.07) is 34.9. The van der Waals surface area contributed by atoms with E-state index in [2.05, 4.69) is 92.4 Å². The minimum atomic E-state index is -3.03. The first-order chi connectivity index (χ1) is 29.2. The van der Waals surface area contributed by atoms with E-state index in [0.717, 1.165) is 57.8 Å². The number of carbonyl (C=O) groups excluding carboxylic acids is 2. The SMILES string of the molecule is C/C(=C\c1cc(C)c(O)c(C)c1)CC[C@@H](O)C1=C(CO[Si](c2ccccc2)(c2ccccc2)C(C)(C)C)C[C@H]2C(=O)N(C3CCN(Cc4ccccc4)CC3)C(=O)[C@H]2[C@H]1CO. The first-order valence-electron chi connectivity index (χ1n) is 22.1. The van der Waals surface area contributed by atoms with E-state index in [-0.39, 0.29) is 36.1 Å². The molecule has 7 rings (SSSR count). The Hall–Kier alpha value is -4.64. The van der Waals surface area contributed by atoms with Crippen molar-refractivity contribution in [2.24, 2.45) is 17.8 Å². The number of carbonyl (C=O) groups is 2. The van der Waals surface area contributed by atoms with Gasteiger partial charge in [0.15, 0.2) is 0 Å². The van der Waals surface area contributed by atoms with Crippen LogP contribution >= 0.6 is 0 Å². The number of aryl methyl sites for hydroxylation is 2. The molecule has 322 valence electrons. The summed E-state index contributed by atoms with van der Waals surface area (Å²) in [6.45, 7) is 14.7. The Morgan fingerprint density at radius 3 is 1.97 bits per heavy atom. The lowest BCUT2D eigenvalue weighted by Crippen LogP contribution is -2.66. The van der Waals surface area contributed by atoms with E-state index in [0.29, 0.717) is 43.4 Å². The van der Waals surface area contributed by atoms with E-state index in [1.165, 1.54) is 5.56 Å². The van der Waals surface area contributed by atoms with Gasteiger partial charge in [-0.15, -0.1) is 0 Å². The molecule has 61 heavy (non-hydrogen) atoms.